The largest absolute Gasteiger partial charge is 0.493 e. The minimum absolute atomic E-state index is 0.138. The van der Waals surface area contributed by atoms with Gasteiger partial charge in [0.25, 0.3) is 5.91 Å². The summed E-state index contributed by atoms with van der Waals surface area (Å²) in [6, 6.07) is 16.8. The van der Waals surface area contributed by atoms with E-state index in [1.807, 2.05) is 75.6 Å². The van der Waals surface area contributed by atoms with E-state index in [2.05, 4.69) is 14.7 Å². The highest BCUT2D eigenvalue weighted by atomic mass is 32.2. The number of benzene rings is 2. The summed E-state index contributed by atoms with van der Waals surface area (Å²) in [6.45, 7) is 5.77. The number of carbonyl (C=O) groups excluding carboxylic acids is 1. The van der Waals surface area contributed by atoms with Crippen molar-refractivity contribution in [3.63, 3.8) is 0 Å². The molecule has 2 N–H and O–H groups in total. The Labute approximate surface area is 228 Å². The molecule has 4 aromatic rings. The smallest absolute Gasteiger partial charge is 0.263 e. The Balaban J connectivity index is 1.33. The third-order valence-electron chi connectivity index (χ3n) is 6.47. The molecule has 0 saturated carbocycles. The lowest BCUT2D eigenvalue weighted by atomic mass is 9.88. The van der Waals surface area contributed by atoms with Crippen LogP contribution in [-0.2, 0) is 17.4 Å². The molecule has 38 heavy (non-hydrogen) atoms. The van der Waals surface area contributed by atoms with Crippen LogP contribution >= 0.6 is 11.3 Å². The zero-order chi connectivity index (χ0) is 26.9. The van der Waals surface area contributed by atoms with Crippen molar-refractivity contribution in [1.29, 1.82) is 0 Å². The van der Waals surface area contributed by atoms with Gasteiger partial charge in [0.2, 0.25) is 0 Å². The highest BCUT2D eigenvalue weighted by Gasteiger charge is 2.30. The lowest BCUT2D eigenvalue weighted by Gasteiger charge is -2.30. The number of aliphatic hydroxyl groups excluding tert-OH is 1. The maximum atomic E-state index is 13.0. The molecule has 2 aromatic heterocycles. The van der Waals surface area contributed by atoms with Crippen LogP contribution in [0.1, 0.15) is 48.5 Å². The van der Waals surface area contributed by atoms with E-state index in [1.165, 1.54) is 0 Å². The molecule has 196 valence electrons. The van der Waals surface area contributed by atoms with Gasteiger partial charge >= 0.3 is 0 Å². The van der Waals surface area contributed by atoms with Crippen LogP contribution < -0.4 is 9.46 Å². The molecule has 0 saturated heterocycles. The first-order valence-electron chi connectivity index (χ1n) is 12.3. The van der Waals surface area contributed by atoms with E-state index in [4.69, 9.17) is 4.74 Å². The number of ether oxygens (including phenoxy) is 1. The number of rotatable bonds is 6. The minimum atomic E-state index is -1.53. The Bertz CT molecular complexity index is 1460. The third kappa shape index (κ3) is 5.55. The van der Waals surface area contributed by atoms with E-state index >= 15 is 0 Å². The summed E-state index contributed by atoms with van der Waals surface area (Å²) >= 11 is 1.57. The molecule has 2 aromatic carbocycles. The Kier molecular flexibility index (Phi) is 7.43. The second kappa shape index (κ2) is 10.8. The summed E-state index contributed by atoms with van der Waals surface area (Å²) in [7, 11) is -1.53. The van der Waals surface area contributed by atoms with Gasteiger partial charge in [0.1, 0.15) is 16.7 Å². The number of aliphatic hydroxyl groups is 1. The Morgan fingerprint density at radius 1 is 1.13 bits per heavy atom. The standard InChI is InChI=1S/C29H29N3O4S2/c1-29(2,3)38(35)32-28(34)23-7-5-4-6-22(23)18-9-11-24-25(13-18)36-16-20(27(24)33)12-21-10-8-19(14-31-21)26-15-30-17-37-26/h4-11,13-15,17,20,27,33H,12,16H2,1-3H3,(H,32,34)/t20-,27+,38?/m1/s1. The Hall–Kier alpha value is -3.40. The molecule has 1 amide bonds. The van der Waals surface area contributed by atoms with E-state index in [1.54, 1.807) is 29.0 Å². The van der Waals surface area contributed by atoms with E-state index in [0.717, 1.165) is 21.7 Å². The fourth-order valence-electron chi connectivity index (χ4n) is 4.33. The van der Waals surface area contributed by atoms with Crippen LogP contribution in [-0.4, -0.2) is 36.5 Å². The Morgan fingerprint density at radius 2 is 1.92 bits per heavy atom. The van der Waals surface area contributed by atoms with Crippen LogP contribution in [0.4, 0.5) is 0 Å². The van der Waals surface area contributed by atoms with E-state index in [0.29, 0.717) is 35.5 Å². The average Bonchev–Trinajstić information content (AvgIpc) is 3.45. The summed E-state index contributed by atoms with van der Waals surface area (Å²) in [5, 5.41) is 11.2. The van der Waals surface area contributed by atoms with Gasteiger partial charge in [-0.25, -0.2) is 4.21 Å². The van der Waals surface area contributed by atoms with Crippen molar-refractivity contribution in [1.82, 2.24) is 14.7 Å². The van der Waals surface area contributed by atoms with Crippen molar-refractivity contribution < 1.29 is 18.8 Å². The Morgan fingerprint density at radius 3 is 2.63 bits per heavy atom. The maximum absolute atomic E-state index is 13.0. The highest BCUT2D eigenvalue weighted by molar-refractivity contribution is 7.85. The molecule has 0 spiro atoms. The lowest BCUT2D eigenvalue weighted by Crippen LogP contribution is -2.37. The second-order valence-electron chi connectivity index (χ2n) is 10.2. The molecule has 9 heteroatoms. The molecule has 0 radical (unpaired) electrons. The first kappa shape index (κ1) is 26.2. The van der Waals surface area contributed by atoms with Crippen molar-refractivity contribution >= 4 is 28.2 Å². The summed E-state index contributed by atoms with van der Waals surface area (Å²) < 4.78 is 20.6. The molecule has 7 nitrogen and oxygen atoms in total. The monoisotopic (exact) mass is 547 g/mol. The van der Waals surface area contributed by atoms with Crippen LogP contribution in [0.2, 0.25) is 0 Å². The summed E-state index contributed by atoms with van der Waals surface area (Å²) in [4.78, 5) is 22.7. The number of carbonyl (C=O) groups is 1. The van der Waals surface area contributed by atoms with Gasteiger partial charge in [-0.2, -0.15) is 0 Å². The number of hydrogen-bond donors (Lipinski definition) is 2. The fourth-order valence-corrected chi connectivity index (χ4v) is 5.53. The van der Waals surface area contributed by atoms with Crippen LogP contribution in [0.15, 0.2) is 72.5 Å². The van der Waals surface area contributed by atoms with Gasteiger partial charge in [0.15, 0.2) is 0 Å². The number of amides is 1. The number of aromatic nitrogens is 2. The van der Waals surface area contributed by atoms with Crippen molar-refractivity contribution in [3.05, 3.63) is 89.3 Å². The van der Waals surface area contributed by atoms with Crippen molar-refractivity contribution in [2.45, 2.75) is 38.0 Å². The third-order valence-corrected chi connectivity index (χ3v) is 8.77. The minimum Gasteiger partial charge on any atom is -0.493 e. The van der Waals surface area contributed by atoms with Gasteiger partial charge in [-0.05, 0) is 56.5 Å². The number of nitrogens with zero attached hydrogens (tertiary/aromatic N) is 2. The number of thiazole rings is 1. The van der Waals surface area contributed by atoms with E-state index in [9.17, 15) is 14.1 Å². The molecule has 3 atom stereocenters. The van der Waals surface area contributed by atoms with Gasteiger partial charge in [-0.15, -0.1) is 11.3 Å². The van der Waals surface area contributed by atoms with Crippen molar-refractivity contribution in [3.8, 4) is 27.3 Å². The summed E-state index contributed by atoms with van der Waals surface area (Å²) in [5.74, 6) is 0.0511. The van der Waals surface area contributed by atoms with Crippen molar-refractivity contribution in [2.24, 2.45) is 5.92 Å². The van der Waals surface area contributed by atoms with Gasteiger partial charge in [0, 0.05) is 40.7 Å². The molecule has 0 aliphatic carbocycles. The number of nitrogens with one attached hydrogen (secondary N) is 1. The normalized spacial score (nSPS) is 17.8. The molecule has 0 fully saturated rings. The van der Waals surface area contributed by atoms with E-state index < -0.39 is 27.7 Å². The van der Waals surface area contributed by atoms with Gasteiger partial charge in [-0.3, -0.25) is 19.5 Å². The molecular formula is C29H29N3O4S2. The van der Waals surface area contributed by atoms with Gasteiger partial charge < -0.3 is 9.84 Å². The van der Waals surface area contributed by atoms with Crippen LogP contribution in [0.5, 0.6) is 5.75 Å². The number of hydrogen-bond acceptors (Lipinski definition) is 7. The molecular weight excluding hydrogens is 518 g/mol. The van der Waals surface area contributed by atoms with E-state index in [-0.39, 0.29) is 5.92 Å². The topological polar surface area (TPSA) is 101 Å². The molecule has 5 rings (SSSR count). The second-order valence-corrected chi connectivity index (χ2v) is 13.1. The zero-order valence-corrected chi connectivity index (χ0v) is 23.0. The fraction of sp³-hybridized carbons (Fsp3) is 0.276. The SMILES string of the molecule is CC(C)(C)S(=O)NC(=O)c1ccccc1-c1ccc2c(c1)OC[C@@H](Cc1ccc(-c3cncs3)cn1)[C@@H]2O. The molecule has 1 aliphatic heterocycles. The van der Waals surface area contributed by atoms with Crippen LogP contribution in [0.3, 0.4) is 0 Å². The van der Waals surface area contributed by atoms with Gasteiger partial charge in [-0.1, -0.05) is 36.4 Å². The number of fused-ring (bicyclic) bond motifs is 1. The van der Waals surface area contributed by atoms with Gasteiger partial charge in [0.05, 0.1) is 27.8 Å². The molecule has 0 bridgehead atoms. The first-order valence-corrected chi connectivity index (χ1v) is 14.3. The molecule has 3 heterocycles. The maximum Gasteiger partial charge on any atom is 0.263 e. The zero-order valence-electron chi connectivity index (χ0n) is 21.4. The quantitative estimate of drug-likeness (QED) is 0.338. The molecule has 1 aliphatic rings. The average molecular weight is 548 g/mol. The lowest BCUT2D eigenvalue weighted by molar-refractivity contribution is 0.0503. The molecule has 1 unspecified atom stereocenters. The van der Waals surface area contributed by atoms with Crippen molar-refractivity contribution in [2.75, 3.05) is 6.61 Å². The number of pyridine rings is 1. The van der Waals surface area contributed by atoms with Crippen LogP contribution in [0, 0.1) is 5.92 Å². The van der Waals surface area contributed by atoms with Crippen LogP contribution in [0.25, 0.3) is 21.6 Å². The first-order chi connectivity index (χ1) is 18.2. The predicted molar refractivity (Wildman–Crippen MR) is 150 cm³/mol. The highest BCUT2D eigenvalue weighted by Crippen LogP contribution is 2.39. The summed E-state index contributed by atoms with van der Waals surface area (Å²) in [5.41, 5.74) is 6.32. The summed E-state index contributed by atoms with van der Waals surface area (Å²) in [6.07, 6.45) is 3.54. The predicted octanol–water partition coefficient (Wildman–Crippen LogP) is 5.35.